The van der Waals surface area contributed by atoms with Gasteiger partial charge in [0.1, 0.15) is 11.3 Å². The molecule has 0 saturated carbocycles. The molecule has 3 aromatic carbocycles. The second-order valence-corrected chi connectivity index (χ2v) is 7.09. The monoisotopic (exact) mass is 430 g/mol. The molecule has 0 aliphatic carbocycles. The summed E-state index contributed by atoms with van der Waals surface area (Å²) in [6.07, 6.45) is 0.846. The van der Waals surface area contributed by atoms with Gasteiger partial charge < -0.3 is 19.2 Å². The van der Waals surface area contributed by atoms with Crippen LogP contribution in [0.2, 0.25) is 0 Å². The number of esters is 1. The smallest absolute Gasteiger partial charge is 0.340 e. The summed E-state index contributed by atoms with van der Waals surface area (Å²) in [7, 11) is 1.61. The van der Waals surface area contributed by atoms with Crippen molar-refractivity contribution < 1.29 is 23.5 Å². The molecule has 4 aromatic rings. The number of nitrogens with one attached hydrogen (secondary N) is 1. The fraction of sp³-hybridized carbons (Fsp3) is 0.160. The van der Waals surface area contributed by atoms with Crippen molar-refractivity contribution in [3.05, 3.63) is 89.8 Å². The maximum atomic E-state index is 12.6. The number of carbonyl (C=O) groups excluding carboxylic acids is 2. The molecule has 0 radical (unpaired) electrons. The van der Waals surface area contributed by atoms with Gasteiger partial charge in [-0.3, -0.25) is 4.79 Å². The van der Waals surface area contributed by atoms with Gasteiger partial charge in [-0.2, -0.15) is 0 Å². The number of amides is 1. The molecule has 0 aliphatic rings. The highest BCUT2D eigenvalue weighted by Crippen LogP contribution is 2.20. The lowest BCUT2D eigenvalue weighted by Crippen LogP contribution is -2.16. The Morgan fingerprint density at radius 3 is 2.50 bits per heavy atom. The van der Waals surface area contributed by atoms with E-state index in [4.69, 9.17) is 13.9 Å². The maximum Gasteiger partial charge on any atom is 0.340 e. The summed E-state index contributed by atoms with van der Waals surface area (Å²) in [6.45, 7) is -0.104. The molecule has 0 bridgehead atoms. The van der Waals surface area contributed by atoms with Crippen LogP contribution in [-0.4, -0.2) is 24.0 Å². The number of oxazole rings is 1. The average molecular weight is 430 g/mol. The zero-order chi connectivity index (χ0) is 22.3. The highest BCUT2D eigenvalue weighted by Gasteiger charge is 2.16. The number of nitrogens with zero attached hydrogens (tertiary/aromatic N) is 1. The fourth-order valence-corrected chi connectivity index (χ4v) is 3.22. The standard InChI is InChI=1S/C25H22N2O5/c1-30-18-13-10-17(11-14-18)12-15-23(28)26-20-7-3-2-6-19(20)25(29)31-16-24-27-21-8-4-5-9-22(21)32-24/h2-11,13-14H,12,15-16H2,1H3,(H,26,28). The Kier molecular flexibility index (Phi) is 6.46. The molecule has 32 heavy (non-hydrogen) atoms. The number of hydrogen-bond acceptors (Lipinski definition) is 6. The number of aryl methyl sites for hydroxylation is 1. The quantitative estimate of drug-likeness (QED) is 0.405. The number of carbonyl (C=O) groups is 2. The number of fused-ring (bicyclic) bond motifs is 1. The minimum absolute atomic E-state index is 0.104. The van der Waals surface area contributed by atoms with Gasteiger partial charge in [-0.1, -0.05) is 36.4 Å². The Labute approximate surface area is 185 Å². The summed E-state index contributed by atoms with van der Waals surface area (Å²) < 4.78 is 16.1. The van der Waals surface area contributed by atoms with Crippen LogP contribution in [0.3, 0.4) is 0 Å². The molecule has 7 nitrogen and oxygen atoms in total. The van der Waals surface area contributed by atoms with E-state index in [9.17, 15) is 9.59 Å². The van der Waals surface area contributed by atoms with E-state index in [1.165, 1.54) is 0 Å². The third kappa shape index (κ3) is 5.13. The van der Waals surface area contributed by atoms with Crippen LogP contribution in [0.4, 0.5) is 5.69 Å². The Hall–Kier alpha value is -4.13. The minimum Gasteiger partial charge on any atom is -0.497 e. The number of anilines is 1. The first-order valence-electron chi connectivity index (χ1n) is 10.2. The van der Waals surface area contributed by atoms with Crippen LogP contribution in [0, 0.1) is 0 Å². The number of aromatic nitrogens is 1. The highest BCUT2D eigenvalue weighted by atomic mass is 16.5. The van der Waals surface area contributed by atoms with Crippen molar-refractivity contribution in [3.8, 4) is 5.75 Å². The molecule has 0 aliphatic heterocycles. The molecule has 1 heterocycles. The van der Waals surface area contributed by atoms with Crippen LogP contribution < -0.4 is 10.1 Å². The van der Waals surface area contributed by atoms with Crippen molar-refractivity contribution in [1.82, 2.24) is 4.98 Å². The van der Waals surface area contributed by atoms with Gasteiger partial charge >= 0.3 is 5.97 Å². The van der Waals surface area contributed by atoms with E-state index in [1.54, 1.807) is 37.4 Å². The number of hydrogen-bond donors (Lipinski definition) is 1. The summed E-state index contributed by atoms with van der Waals surface area (Å²) in [4.78, 5) is 29.4. The second kappa shape index (κ2) is 9.78. The molecule has 1 aromatic heterocycles. The zero-order valence-electron chi connectivity index (χ0n) is 17.5. The highest BCUT2D eigenvalue weighted by molar-refractivity contribution is 6.01. The predicted octanol–water partition coefficient (Wildman–Crippen LogP) is 4.76. The first kappa shape index (κ1) is 21.1. The van der Waals surface area contributed by atoms with Crippen LogP contribution in [-0.2, 0) is 22.6 Å². The number of rotatable bonds is 8. The van der Waals surface area contributed by atoms with Gasteiger partial charge in [-0.25, -0.2) is 9.78 Å². The Balaban J connectivity index is 1.35. The molecular weight excluding hydrogens is 408 g/mol. The Bertz CT molecular complexity index is 1200. The molecule has 162 valence electrons. The molecule has 0 fully saturated rings. The zero-order valence-corrected chi connectivity index (χ0v) is 17.5. The maximum absolute atomic E-state index is 12.6. The minimum atomic E-state index is -0.571. The fourth-order valence-electron chi connectivity index (χ4n) is 3.22. The largest absolute Gasteiger partial charge is 0.497 e. The van der Waals surface area contributed by atoms with Crippen LogP contribution in [0.1, 0.15) is 28.2 Å². The summed E-state index contributed by atoms with van der Waals surface area (Å²) in [5, 5.41) is 2.80. The van der Waals surface area contributed by atoms with Crippen molar-refractivity contribution in [2.45, 2.75) is 19.4 Å². The SMILES string of the molecule is COc1ccc(CCC(=O)Nc2ccccc2C(=O)OCc2nc3ccccc3o2)cc1. The lowest BCUT2D eigenvalue weighted by molar-refractivity contribution is -0.116. The van der Waals surface area contributed by atoms with E-state index in [-0.39, 0.29) is 24.5 Å². The average Bonchev–Trinajstić information content (AvgIpc) is 3.25. The Morgan fingerprint density at radius 1 is 0.969 bits per heavy atom. The lowest BCUT2D eigenvalue weighted by atomic mass is 10.1. The molecule has 4 rings (SSSR count). The molecule has 0 saturated heterocycles. The topological polar surface area (TPSA) is 90.7 Å². The summed E-state index contributed by atoms with van der Waals surface area (Å²) in [6, 6.07) is 21.6. The van der Waals surface area contributed by atoms with E-state index in [0.29, 0.717) is 29.1 Å². The van der Waals surface area contributed by atoms with Gasteiger partial charge in [0.25, 0.3) is 0 Å². The summed E-state index contributed by atoms with van der Waals surface area (Å²) in [5.41, 5.74) is 3.01. The van der Waals surface area contributed by atoms with Crippen molar-refractivity contribution in [2.24, 2.45) is 0 Å². The predicted molar refractivity (Wildman–Crippen MR) is 120 cm³/mol. The van der Waals surface area contributed by atoms with E-state index < -0.39 is 5.97 Å². The number of ether oxygens (including phenoxy) is 2. The third-order valence-electron chi connectivity index (χ3n) is 4.89. The van der Waals surface area contributed by atoms with Crippen LogP contribution in [0.25, 0.3) is 11.1 Å². The third-order valence-corrected chi connectivity index (χ3v) is 4.89. The molecule has 0 atom stereocenters. The number of methoxy groups -OCH3 is 1. The Morgan fingerprint density at radius 2 is 1.72 bits per heavy atom. The molecular formula is C25H22N2O5. The van der Waals surface area contributed by atoms with Crippen molar-refractivity contribution in [1.29, 1.82) is 0 Å². The van der Waals surface area contributed by atoms with E-state index in [1.807, 2.05) is 42.5 Å². The summed E-state index contributed by atoms with van der Waals surface area (Å²) >= 11 is 0. The van der Waals surface area contributed by atoms with Gasteiger partial charge in [-0.15, -0.1) is 0 Å². The normalized spacial score (nSPS) is 10.7. The van der Waals surface area contributed by atoms with Crippen LogP contribution in [0.15, 0.2) is 77.2 Å². The van der Waals surface area contributed by atoms with Crippen molar-refractivity contribution >= 4 is 28.7 Å². The van der Waals surface area contributed by atoms with E-state index in [2.05, 4.69) is 10.3 Å². The van der Waals surface area contributed by atoms with Gasteiger partial charge in [0.15, 0.2) is 12.2 Å². The number of benzene rings is 3. The van der Waals surface area contributed by atoms with Crippen molar-refractivity contribution in [3.63, 3.8) is 0 Å². The van der Waals surface area contributed by atoms with E-state index >= 15 is 0 Å². The molecule has 0 spiro atoms. The van der Waals surface area contributed by atoms with Gasteiger partial charge in [0, 0.05) is 6.42 Å². The summed E-state index contributed by atoms with van der Waals surface area (Å²) in [5.74, 6) is 0.308. The molecule has 7 heteroatoms. The van der Waals surface area contributed by atoms with Crippen LogP contribution in [0.5, 0.6) is 5.75 Å². The van der Waals surface area contributed by atoms with Crippen molar-refractivity contribution in [2.75, 3.05) is 12.4 Å². The lowest BCUT2D eigenvalue weighted by Gasteiger charge is -2.10. The molecule has 1 N–H and O–H groups in total. The molecule has 1 amide bonds. The van der Waals surface area contributed by atoms with Gasteiger partial charge in [0.05, 0.1) is 18.4 Å². The second-order valence-electron chi connectivity index (χ2n) is 7.09. The van der Waals surface area contributed by atoms with Gasteiger partial charge in [0.2, 0.25) is 11.8 Å². The molecule has 0 unspecified atom stereocenters. The number of para-hydroxylation sites is 3. The van der Waals surface area contributed by atoms with E-state index in [0.717, 1.165) is 11.3 Å². The first-order valence-corrected chi connectivity index (χ1v) is 10.2. The first-order chi connectivity index (χ1) is 15.6. The van der Waals surface area contributed by atoms with Gasteiger partial charge in [-0.05, 0) is 48.4 Å². The van der Waals surface area contributed by atoms with Crippen LogP contribution >= 0.6 is 0 Å².